The Morgan fingerprint density at radius 3 is 2.52 bits per heavy atom. The summed E-state index contributed by atoms with van der Waals surface area (Å²) in [5.41, 5.74) is 3.83. The number of nitrogens with one attached hydrogen (secondary N) is 2. The van der Waals surface area contributed by atoms with Crippen LogP contribution in [-0.2, 0) is 4.79 Å². The highest BCUT2D eigenvalue weighted by Gasteiger charge is 2.30. The Morgan fingerprint density at radius 1 is 1.15 bits per heavy atom. The van der Waals surface area contributed by atoms with E-state index in [0.717, 1.165) is 43.2 Å². The number of aryl methyl sites for hydroxylation is 1. The van der Waals surface area contributed by atoms with Crippen molar-refractivity contribution < 1.29 is 18.5 Å². The molecule has 0 radical (unpaired) electrons. The lowest BCUT2D eigenvalue weighted by atomic mass is 10.1. The highest BCUT2D eigenvalue weighted by atomic mass is 19.1. The Hall–Kier alpha value is -2.47. The minimum Gasteiger partial charge on any atom is -0.360 e. The molecule has 0 spiro atoms. The molecule has 0 bridgehead atoms. The van der Waals surface area contributed by atoms with Crippen LogP contribution >= 0.6 is 0 Å². The number of hydrogen-bond donors (Lipinski definition) is 2. The number of hydrogen-bond acceptors (Lipinski definition) is 2. The molecule has 2 aromatic carbocycles. The minimum absolute atomic E-state index is 0.0154. The van der Waals surface area contributed by atoms with Gasteiger partial charge in [-0.25, -0.2) is 8.78 Å². The van der Waals surface area contributed by atoms with Gasteiger partial charge in [-0.2, -0.15) is 0 Å². The van der Waals surface area contributed by atoms with Gasteiger partial charge in [0, 0.05) is 11.8 Å². The number of amides is 1. The summed E-state index contributed by atoms with van der Waals surface area (Å²) in [5.74, 6) is -1.67. The van der Waals surface area contributed by atoms with E-state index in [1.165, 1.54) is 22.9 Å². The fourth-order valence-corrected chi connectivity index (χ4v) is 3.56. The second-order valence-corrected chi connectivity index (χ2v) is 7.20. The van der Waals surface area contributed by atoms with Crippen molar-refractivity contribution in [2.75, 3.05) is 36.4 Å². The van der Waals surface area contributed by atoms with Gasteiger partial charge in [0.25, 0.3) is 5.91 Å². The third kappa shape index (κ3) is 4.27. The van der Waals surface area contributed by atoms with Crippen molar-refractivity contribution in [2.24, 2.45) is 0 Å². The van der Waals surface area contributed by atoms with Gasteiger partial charge in [0.2, 0.25) is 0 Å². The lowest BCUT2D eigenvalue weighted by Gasteiger charge is -2.36. The van der Waals surface area contributed by atoms with E-state index in [9.17, 15) is 13.6 Å². The molecule has 6 heteroatoms. The molecule has 27 heavy (non-hydrogen) atoms. The third-order valence-corrected chi connectivity index (χ3v) is 5.52. The summed E-state index contributed by atoms with van der Waals surface area (Å²) in [5, 5.41) is 2.58. The largest absolute Gasteiger partial charge is 0.360 e. The highest BCUT2D eigenvalue weighted by Crippen LogP contribution is 2.22. The van der Waals surface area contributed by atoms with Crippen molar-refractivity contribution in [1.29, 1.82) is 0 Å². The number of piperazine rings is 1. The van der Waals surface area contributed by atoms with Crippen molar-refractivity contribution >= 4 is 17.3 Å². The van der Waals surface area contributed by atoms with E-state index in [0.29, 0.717) is 0 Å². The van der Waals surface area contributed by atoms with Crippen LogP contribution in [-0.4, -0.2) is 38.1 Å². The number of nitrogens with zero attached hydrogens (tertiary/aromatic N) is 1. The number of rotatable bonds is 4. The maximum atomic E-state index is 13.8. The average molecular weight is 374 g/mol. The van der Waals surface area contributed by atoms with Gasteiger partial charge in [-0.05, 0) is 50.1 Å². The molecular weight excluding hydrogens is 348 g/mol. The van der Waals surface area contributed by atoms with E-state index in [1.807, 2.05) is 6.92 Å². The van der Waals surface area contributed by atoms with Gasteiger partial charge in [0.1, 0.15) is 11.6 Å². The summed E-state index contributed by atoms with van der Waals surface area (Å²) in [6.07, 6.45) is 0. The number of anilines is 2. The summed E-state index contributed by atoms with van der Waals surface area (Å²) < 4.78 is 26.8. The lowest BCUT2D eigenvalue weighted by molar-refractivity contribution is -0.914. The van der Waals surface area contributed by atoms with Gasteiger partial charge >= 0.3 is 0 Å². The SMILES string of the molecule is Cc1cccc(N2CC[NH+]([C@@H](C)C(=O)Nc3ccc(F)cc3F)CC2)c1C. The number of carbonyl (C=O) groups is 1. The van der Waals surface area contributed by atoms with Crippen LogP contribution in [0.5, 0.6) is 0 Å². The van der Waals surface area contributed by atoms with Crippen LogP contribution in [0.2, 0.25) is 0 Å². The maximum Gasteiger partial charge on any atom is 0.282 e. The van der Waals surface area contributed by atoms with Gasteiger partial charge in [0.15, 0.2) is 6.04 Å². The van der Waals surface area contributed by atoms with Crippen LogP contribution in [0.1, 0.15) is 18.1 Å². The standard InChI is InChI=1S/C21H25F2N3O/c1-14-5-4-6-20(15(14)2)26-11-9-25(10-12-26)16(3)21(27)24-19-8-7-17(22)13-18(19)23/h4-8,13,16H,9-12H2,1-3H3,(H,24,27)/p+1/t16-/m0/s1. The average Bonchev–Trinajstić information content (AvgIpc) is 2.66. The number of benzene rings is 2. The lowest BCUT2D eigenvalue weighted by Crippen LogP contribution is -3.19. The van der Waals surface area contributed by atoms with Crippen LogP contribution in [0.4, 0.5) is 20.2 Å². The summed E-state index contributed by atoms with van der Waals surface area (Å²) in [7, 11) is 0. The Morgan fingerprint density at radius 2 is 1.85 bits per heavy atom. The molecule has 0 unspecified atom stereocenters. The van der Waals surface area contributed by atoms with E-state index >= 15 is 0 Å². The molecule has 3 rings (SSSR count). The molecule has 1 saturated heterocycles. The molecule has 1 amide bonds. The quantitative estimate of drug-likeness (QED) is 0.862. The van der Waals surface area contributed by atoms with Crippen LogP contribution in [0.15, 0.2) is 36.4 Å². The Labute approximate surface area is 158 Å². The van der Waals surface area contributed by atoms with Gasteiger partial charge in [-0.1, -0.05) is 12.1 Å². The molecule has 1 aliphatic rings. The summed E-state index contributed by atoms with van der Waals surface area (Å²) in [6.45, 7) is 9.48. The molecule has 1 fully saturated rings. The molecule has 1 heterocycles. The second-order valence-electron chi connectivity index (χ2n) is 7.20. The zero-order valence-corrected chi connectivity index (χ0v) is 16.0. The number of halogens is 2. The molecule has 144 valence electrons. The minimum atomic E-state index is -0.759. The topological polar surface area (TPSA) is 36.8 Å². The van der Waals surface area contributed by atoms with E-state index in [1.54, 1.807) is 0 Å². The first-order chi connectivity index (χ1) is 12.9. The Kier molecular flexibility index (Phi) is 5.75. The molecule has 4 nitrogen and oxygen atoms in total. The fourth-order valence-electron chi connectivity index (χ4n) is 3.56. The van der Waals surface area contributed by atoms with Crippen molar-refractivity contribution in [1.82, 2.24) is 0 Å². The third-order valence-electron chi connectivity index (χ3n) is 5.52. The molecule has 1 atom stereocenters. The number of carbonyl (C=O) groups excluding carboxylic acids is 1. The van der Waals surface area contributed by atoms with E-state index in [2.05, 4.69) is 42.3 Å². The van der Waals surface area contributed by atoms with E-state index < -0.39 is 11.6 Å². The van der Waals surface area contributed by atoms with Crippen LogP contribution < -0.4 is 15.1 Å². The van der Waals surface area contributed by atoms with Crippen LogP contribution in [0.25, 0.3) is 0 Å². The fraction of sp³-hybridized carbons (Fsp3) is 0.381. The molecule has 2 N–H and O–H groups in total. The highest BCUT2D eigenvalue weighted by molar-refractivity contribution is 5.93. The predicted octanol–water partition coefficient (Wildman–Crippen LogP) is 2.31. The maximum absolute atomic E-state index is 13.8. The monoisotopic (exact) mass is 374 g/mol. The van der Waals surface area contributed by atoms with Gasteiger partial charge in [-0.3, -0.25) is 4.79 Å². The summed E-state index contributed by atoms with van der Waals surface area (Å²) in [4.78, 5) is 16.0. The van der Waals surface area contributed by atoms with Gasteiger partial charge in [-0.15, -0.1) is 0 Å². The van der Waals surface area contributed by atoms with Gasteiger partial charge in [0.05, 0.1) is 31.9 Å². The van der Waals surface area contributed by atoms with Crippen molar-refractivity contribution in [2.45, 2.75) is 26.8 Å². The zero-order valence-electron chi connectivity index (χ0n) is 16.0. The summed E-state index contributed by atoms with van der Waals surface area (Å²) in [6, 6.07) is 9.18. The number of quaternary nitrogens is 1. The first kappa shape index (κ1) is 19.3. The first-order valence-corrected chi connectivity index (χ1v) is 9.28. The van der Waals surface area contributed by atoms with Crippen molar-refractivity contribution in [3.8, 4) is 0 Å². The normalized spacial score (nSPS) is 16.3. The molecular formula is C21H26F2N3O+. The van der Waals surface area contributed by atoms with Crippen molar-refractivity contribution in [3.05, 3.63) is 59.2 Å². The van der Waals surface area contributed by atoms with E-state index in [-0.39, 0.29) is 17.6 Å². The van der Waals surface area contributed by atoms with Gasteiger partial charge < -0.3 is 15.1 Å². The molecule has 2 aromatic rings. The smallest absolute Gasteiger partial charge is 0.282 e. The molecule has 1 aliphatic heterocycles. The second kappa shape index (κ2) is 8.05. The molecule has 0 aliphatic carbocycles. The first-order valence-electron chi connectivity index (χ1n) is 9.28. The van der Waals surface area contributed by atoms with Crippen LogP contribution in [0, 0.1) is 25.5 Å². The Bertz CT molecular complexity index is 832. The summed E-state index contributed by atoms with van der Waals surface area (Å²) >= 11 is 0. The van der Waals surface area contributed by atoms with Crippen LogP contribution in [0.3, 0.4) is 0 Å². The predicted molar refractivity (Wildman–Crippen MR) is 103 cm³/mol. The van der Waals surface area contributed by atoms with Crippen molar-refractivity contribution in [3.63, 3.8) is 0 Å². The molecule has 0 aromatic heterocycles. The Balaban J connectivity index is 1.60. The molecule has 0 saturated carbocycles. The van der Waals surface area contributed by atoms with E-state index in [4.69, 9.17) is 0 Å². The zero-order chi connectivity index (χ0) is 19.6.